The molecule has 112 valence electrons. The van der Waals surface area contributed by atoms with Gasteiger partial charge < -0.3 is 5.11 Å². The van der Waals surface area contributed by atoms with Crippen molar-refractivity contribution in [2.24, 2.45) is 5.41 Å². The summed E-state index contributed by atoms with van der Waals surface area (Å²) in [5.41, 5.74) is -0.699. The molecule has 0 aliphatic carbocycles. The number of tetrazole rings is 1. The summed E-state index contributed by atoms with van der Waals surface area (Å²) in [7, 11) is 0. The Morgan fingerprint density at radius 2 is 2.24 bits per heavy atom. The van der Waals surface area contributed by atoms with Crippen molar-refractivity contribution in [3.8, 4) is 11.4 Å². The molecule has 21 heavy (non-hydrogen) atoms. The monoisotopic (exact) mass is 312 g/mol. The van der Waals surface area contributed by atoms with Crippen LogP contribution >= 0.6 is 11.6 Å². The summed E-state index contributed by atoms with van der Waals surface area (Å²) in [6.07, 6.45) is 0.401. The Hall–Kier alpha value is -2.02. The van der Waals surface area contributed by atoms with Crippen LogP contribution in [0.15, 0.2) is 18.2 Å². The number of halogens is 2. The SMILES string of the molecule is CCC(C)(Cn1nnnc1-c1cccc(F)c1Cl)C(=O)O. The molecule has 1 unspecified atom stereocenters. The van der Waals surface area contributed by atoms with Crippen molar-refractivity contribution in [1.29, 1.82) is 0 Å². The van der Waals surface area contributed by atoms with Crippen LogP contribution in [0.25, 0.3) is 11.4 Å². The Morgan fingerprint density at radius 3 is 2.86 bits per heavy atom. The Balaban J connectivity index is 2.44. The molecule has 0 bridgehead atoms. The highest BCUT2D eigenvalue weighted by molar-refractivity contribution is 6.33. The molecule has 0 aliphatic rings. The van der Waals surface area contributed by atoms with Gasteiger partial charge in [-0.15, -0.1) is 5.10 Å². The van der Waals surface area contributed by atoms with Crippen molar-refractivity contribution in [2.75, 3.05) is 0 Å². The normalized spacial score (nSPS) is 13.9. The summed E-state index contributed by atoms with van der Waals surface area (Å²) >= 11 is 5.92. The topological polar surface area (TPSA) is 80.9 Å². The van der Waals surface area contributed by atoms with E-state index in [0.717, 1.165) is 0 Å². The van der Waals surface area contributed by atoms with Gasteiger partial charge in [-0.2, -0.15) is 0 Å². The minimum Gasteiger partial charge on any atom is -0.481 e. The van der Waals surface area contributed by atoms with Crippen LogP contribution in [0, 0.1) is 11.2 Å². The van der Waals surface area contributed by atoms with Gasteiger partial charge in [-0.05, 0) is 35.9 Å². The fourth-order valence-corrected chi connectivity index (χ4v) is 2.05. The number of hydrogen-bond donors (Lipinski definition) is 1. The van der Waals surface area contributed by atoms with Crippen molar-refractivity contribution in [2.45, 2.75) is 26.8 Å². The van der Waals surface area contributed by atoms with Gasteiger partial charge in [0, 0.05) is 5.56 Å². The molecule has 0 saturated carbocycles. The summed E-state index contributed by atoms with van der Waals surface area (Å²) < 4.78 is 14.9. The number of nitrogens with zero attached hydrogens (tertiary/aromatic N) is 4. The number of hydrogen-bond acceptors (Lipinski definition) is 4. The van der Waals surface area contributed by atoms with E-state index in [9.17, 15) is 14.3 Å². The molecule has 2 aromatic rings. The molecule has 1 aromatic carbocycles. The molecule has 0 aliphatic heterocycles. The summed E-state index contributed by atoms with van der Waals surface area (Å²) in [4.78, 5) is 11.4. The standard InChI is InChI=1S/C13H14ClFN4O2/c1-3-13(2,12(20)21)7-19-11(16-17-18-19)8-5-4-6-9(15)10(8)14/h4-6H,3,7H2,1-2H3,(H,20,21). The average molecular weight is 313 g/mol. The molecular weight excluding hydrogens is 299 g/mol. The largest absolute Gasteiger partial charge is 0.481 e. The fourth-order valence-electron chi connectivity index (χ4n) is 1.84. The number of rotatable bonds is 5. The molecule has 0 radical (unpaired) electrons. The van der Waals surface area contributed by atoms with Gasteiger partial charge in [0.05, 0.1) is 17.0 Å². The van der Waals surface area contributed by atoms with Gasteiger partial charge in [0.15, 0.2) is 5.82 Å². The third-order valence-electron chi connectivity index (χ3n) is 3.52. The first-order valence-corrected chi connectivity index (χ1v) is 6.71. The van der Waals surface area contributed by atoms with Crippen molar-refractivity contribution >= 4 is 17.6 Å². The molecule has 1 atom stereocenters. The lowest BCUT2D eigenvalue weighted by atomic mass is 9.88. The van der Waals surface area contributed by atoms with Crippen molar-refractivity contribution in [3.63, 3.8) is 0 Å². The van der Waals surface area contributed by atoms with Crippen LogP contribution in [0.1, 0.15) is 20.3 Å². The third kappa shape index (κ3) is 2.87. The van der Waals surface area contributed by atoms with Crippen LogP contribution in [0.5, 0.6) is 0 Å². The number of carbonyl (C=O) groups is 1. The maximum absolute atomic E-state index is 13.5. The first-order chi connectivity index (χ1) is 9.89. The summed E-state index contributed by atoms with van der Waals surface area (Å²) in [5.74, 6) is -1.29. The van der Waals surface area contributed by atoms with Crippen molar-refractivity contribution in [1.82, 2.24) is 20.2 Å². The van der Waals surface area contributed by atoms with E-state index in [-0.39, 0.29) is 17.4 Å². The van der Waals surface area contributed by atoms with Gasteiger partial charge in [0.1, 0.15) is 5.82 Å². The molecule has 1 aromatic heterocycles. The zero-order valence-electron chi connectivity index (χ0n) is 11.5. The van der Waals surface area contributed by atoms with Gasteiger partial charge in [-0.25, -0.2) is 9.07 Å². The Morgan fingerprint density at radius 1 is 1.52 bits per heavy atom. The van der Waals surface area contributed by atoms with E-state index in [1.54, 1.807) is 19.9 Å². The predicted molar refractivity (Wildman–Crippen MR) is 74.3 cm³/mol. The van der Waals surface area contributed by atoms with Crippen molar-refractivity contribution in [3.05, 3.63) is 29.0 Å². The van der Waals surface area contributed by atoms with Gasteiger partial charge in [0.25, 0.3) is 0 Å². The van der Waals surface area contributed by atoms with Crippen LogP contribution in [0.2, 0.25) is 5.02 Å². The number of aliphatic carboxylic acids is 1. The summed E-state index contributed by atoms with van der Waals surface area (Å²) in [5, 5.41) is 20.4. The zero-order valence-corrected chi connectivity index (χ0v) is 12.3. The number of carboxylic acids is 1. The quantitative estimate of drug-likeness (QED) is 0.918. The van der Waals surface area contributed by atoms with Gasteiger partial charge in [0.2, 0.25) is 0 Å². The van der Waals surface area contributed by atoms with E-state index >= 15 is 0 Å². The highest BCUT2D eigenvalue weighted by atomic mass is 35.5. The minimum absolute atomic E-state index is 0.0635. The predicted octanol–water partition coefficient (Wildman–Crippen LogP) is 2.63. The Labute approximate surface area is 125 Å². The molecule has 8 heteroatoms. The lowest BCUT2D eigenvalue weighted by molar-refractivity contribution is -0.149. The van der Waals surface area contributed by atoms with Crippen LogP contribution in [-0.2, 0) is 11.3 Å². The van der Waals surface area contributed by atoms with E-state index in [1.165, 1.54) is 16.8 Å². The molecule has 0 fully saturated rings. The number of aromatic nitrogens is 4. The lowest BCUT2D eigenvalue weighted by Crippen LogP contribution is -2.32. The second kappa shape index (κ2) is 5.77. The van der Waals surface area contributed by atoms with E-state index in [4.69, 9.17) is 11.6 Å². The highest BCUT2D eigenvalue weighted by Crippen LogP contribution is 2.30. The second-order valence-corrected chi connectivity index (χ2v) is 5.36. The first-order valence-electron chi connectivity index (χ1n) is 6.33. The summed E-state index contributed by atoms with van der Waals surface area (Å²) in [6.45, 7) is 3.44. The molecule has 1 N–H and O–H groups in total. The number of benzene rings is 1. The Kier molecular flexibility index (Phi) is 4.22. The highest BCUT2D eigenvalue weighted by Gasteiger charge is 2.33. The fraction of sp³-hybridized carbons (Fsp3) is 0.385. The van der Waals surface area contributed by atoms with Crippen LogP contribution in [-0.4, -0.2) is 31.3 Å². The Bertz CT molecular complexity index is 676. The smallest absolute Gasteiger partial charge is 0.311 e. The van der Waals surface area contributed by atoms with Gasteiger partial charge in [-0.1, -0.05) is 24.6 Å². The van der Waals surface area contributed by atoms with Crippen LogP contribution < -0.4 is 0 Å². The molecule has 6 nitrogen and oxygen atoms in total. The third-order valence-corrected chi connectivity index (χ3v) is 3.90. The van der Waals surface area contributed by atoms with Crippen LogP contribution in [0.4, 0.5) is 4.39 Å². The molecule has 0 saturated heterocycles. The first kappa shape index (κ1) is 15.4. The maximum Gasteiger partial charge on any atom is 0.311 e. The molecule has 2 rings (SSSR count). The van der Waals surface area contributed by atoms with E-state index in [2.05, 4.69) is 15.5 Å². The molecule has 1 heterocycles. The van der Waals surface area contributed by atoms with E-state index in [0.29, 0.717) is 12.0 Å². The van der Waals surface area contributed by atoms with Gasteiger partial charge in [-0.3, -0.25) is 4.79 Å². The molecule has 0 amide bonds. The second-order valence-electron chi connectivity index (χ2n) is 4.98. The average Bonchev–Trinajstić information content (AvgIpc) is 2.89. The minimum atomic E-state index is -1.02. The van der Waals surface area contributed by atoms with Gasteiger partial charge >= 0.3 is 5.97 Å². The number of carboxylic acid groups (broad SMARTS) is 1. The zero-order chi connectivity index (χ0) is 15.6. The summed E-state index contributed by atoms with van der Waals surface area (Å²) in [6, 6.07) is 4.30. The van der Waals surface area contributed by atoms with E-state index in [1.807, 2.05) is 0 Å². The van der Waals surface area contributed by atoms with Crippen LogP contribution in [0.3, 0.4) is 0 Å². The lowest BCUT2D eigenvalue weighted by Gasteiger charge is -2.22. The molecular formula is C13H14ClFN4O2. The molecule has 0 spiro atoms. The van der Waals surface area contributed by atoms with Crippen molar-refractivity contribution < 1.29 is 14.3 Å². The maximum atomic E-state index is 13.5. The van der Waals surface area contributed by atoms with E-state index < -0.39 is 17.2 Å².